The fourth-order valence-corrected chi connectivity index (χ4v) is 2.86. The molecular formula is C22H28ClNO2. The predicted octanol–water partition coefficient (Wildman–Crippen LogP) is 5.15. The molecule has 4 heteroatoms. The zero-order valence-corrected chi connectivity index (χ0v) is 16.8. The smallest absolute Gasteiger partial charge is 0.260 e. The van der Waals surface area contributed by atoms with Gasteiger partial charge in [-0.1, -0.05) is 62.7 Å². The van der Waals surface area contributed by atoms with Crippen LogP contribution in [0.5, 0.6) is 5.75 Å². The number of hydrogen-bond acceptors (Lipinski definition) is 2. The topological polar surface area (TPSA) is 38.3 Å². The van der Waals surface area contributed by atoms with Gasteiger partial charge in [0.15, 0.2) is 6.10 Å². The molecule has 0 aliphatic heterocycles. The normalized spacial score (nSPS) is 12.5. The molecule has 0 bridgehead atoms. The van der Waals surface area contributed by atoms with Crippen LogP contribution < -0.4 is 10.1 Å². The lowest BCUT2D eigenvalue weighted by Crippen LogP contribution is -2.36. The Hall–Kier alpha value is -2.00. The van der Waals surface area contributed by atoms with Crippen LogP contribution in [0.4, 0.5) is 0 Å². The van der Waals surface area contributed by atoms with Gasteiger partial charge in [0.25, 0.3) is 5.91 Å². The summed E-state index contributed by atoms with van der Waals surface area (Å²) in [6.07, 6.45) is 1.14. The Morgan fingerprint density at radius 2 is 1.77 bits per heavy atom. The minimum absolute atomic E-state index is 0.100. The van der Waals surface area contributed by atoms with E-state index in [4.69, 9.17) is 16.3 Å². The van der Waals surface area contributed by atoms with Crippen LogP contribution >= 0.6 is 11.6 Å². The number of amides is 1. The third-order valence-corrected chi connectivity index (χ3v) is 4.65. The van der Waals surface area contributed by atoms with Gasteiger partial charge in [-0.2, -0.15) is 0 Å². The number of rotatable bonds is 7. The van der Waals surface area contributed by atoms with Crippen molar-refractivity contribution in [1.82, 2.24) is 5.32 Å². The molecule has 0 aliphatic rings. The van der Waals surface area contributed by atoms with Crippen LogP contribution in [0.25, 0.3) is 0 Å². The van der Waals surface area contributed by atoms with Gasteiger partial charge in [0, 0.05) is 11.6 Å². The first-order chi connectivity index (χ1) is 12.3. The Labute approximate surface area is 161 Å². The third-order valence-electron chi connectivity index (χ3n) is 4.28. The number of aryl methyl sites for hydroxylation is 1. The summed E-state index contributed by atoms with van der Waals surface area (Å²) in [5.74, 6) is 0.598. The first-order valence-corrected chi connectivity index (χ1v) is 9.43. The maximum Gasteiger partial charge on any atom is 0.260 e. The monoisotopic (exact) mass is 373 g/mol. The molecule has 1 N–H and O–H groups in total. The average Bonchev–Trinajstić information content (AvgIpc) is 2.59. The van der Waals surface area contributed by atoms with Crippen LogP contribution in [0.1, 0.15) is 45.2 Å². The molecule has 0 aliphatic carbocycles. The lowest BCUT2D eigenvalue weighted by Gasteiger charge is -2.20. The molecule has 2 aromatic carbocycles. The Balaban J connectivity index is 1.76. The molecule has 3 nitrogen and oxygen atoms in total. The first kappa shape index (κ1) is 20.3. The molecular weight excluding hydrogens is 346 g/mol. The summed E-state index contributed by atoms with van der Waals surface area (Å²) >= 11 is 6.14. The van der Waals surface area contributed by atoms with Crippen molar-refractivity contribution in [2.75, 3.05) is 6.54 Å². The van der Waals surface area contributed by atoms with Gasteiger partial charge in [-0.15, -0.1) is 0 Å². The molecule has 2 aromatic rings. The Morgan fingerprint density at radius 3 is 2.38 bits per heavy atom. The van der Waals surface area contributed by atoms with Gasteiger partial charge >= 0.3 is 0 Å². The van der Waals surface area contributed by atoms with E-state index < -0.39 is 6.10 Å². The van der Waals surface area contributed by atoms with E-state index in [1.54, 1.807) is 6.92 Å². The van der Waals surface area contributed by atoms with Crippen molar-refractivity contribution in [3.63, 3.8) is 0 Å². The predicted molar refractivity (Wildman–Crippen MR) is 108 cm³/mol. The fourth-order valence-electron chi connectivity index (χ4n) is 2.63. The molecule has 140 valence electrons. The van der Waals surface area contributed by atoms with Crippen molar-refractivity contribution in [3.05, 3.63) is 64.7 Å². The van der Waals surface area contributed by atoms with Crippen LogP contribution in [0, 0.1) is 0 Å². The van der Waals surface area contributed by atoms with E-state index in [1.165, 1.54) is 5.56 Å². The van der Waals surface area contributed by atoms with Gasteiger partial charge in [-0.3, -0.25) is 4.79 Å². The SMILES string of the molecule is CC(Oc1ccc(C(C)(C)C)cc1)C(=O)NCCCc1ccccc1Cl. The van der Waals surface area contributed by atoms with Crippen molar-refractivity contribution in [2.24, 2.45) is 0 Å². The van der Waals surface area contributed by atoms with E-state index in [0.717, 1.165) is 23.4 Å². The summed E-state index contributed by atoms with van der Waals surface area (Å²) in [6.45, 7) is 8.87. The number of ether oxygens (including phenoxy) is 1. The minimum atomic E-state index is -0.532. The lowest BCUT2D eigenvalue weighted by atomic mass is 9.87. The largest absolute Gasteiger partial charge is 0.481 e. The van der Waals surface area contributed by atoms with Crippen LogP contribution in [0.15, 0.2) is 48.5 Å². The van der Waals surface area contributed by atoms with E-state index in [9.17, 15) is 4.79 Å². The highest BCUT2D eigenvalue weighted by Crippen LogP contribution is 2.24. The summed E-state index contributed by atoms with van der Waals surface area (Å²) in [5.41, 5.74) is 2.44. The van der Waals surface area contributed by atoms with E-state index in [-0.39, 0.29) is 11.3 Å². The van der Waals surface area contributed by atoms with Gasteiger partial charge in [0.05, 0.1) is 0 Å². The van der Waals surface area contributed by atoms with Crippen LogP contribution in [-0.2, 0) is 16.6 Å². The van der Waals surface area contributed by atoms with Crippen molar-refractivity contribution in [1.29, 1.82) is 0 Å². The Kier molecular flexibility index (Phi) is 7.10. The summed E-state index contributed by atoms with van der Waals surface area (Å²) in [7, 11) is 0. The second-order valence-electron chi connectivity index (χ2n) is 7.52. The average molecular weight is 374 g/mol. The van der Waals surface area contributed by atoms with Gasteiger partial charge in [0.2, 0.25) is 0 Å². The van der Waals surface area contributed by atoms with Crippen LogP contribution in [0.2, 0.25) is 5.02 Å². The molecule has 0 fully saturated rings. The number of nitrogens with one attached hydrogen (secondary N) is 1. The number of benzene rings is 2. The van der Waals surface area contributed by atoms with Gasteiger partial charge in [0.1, 0.15) is 5.75 Å². The molecule has 0 radical (unpaired) electrons. The second-order valence-corrected chi connectivity index (χ2v) is 7.93. The second kappa shape index (κ2) is 9.09. The highest BCUT2D eigenvalue weighted by molar-refractivity contribution is 6.31. The molecule has 0 saturated carbocycles. The van der Waals surface area contributed by atoms with E-state index in [2.05, 4.69) is 26.1 Å². The van der Waals surface area contributed by atoms with Crippen molar-refractivity contribution in [2.45, 2.75) is 52.1 Å². The molecule has 1 amide bonds. The van der Waals surface area contributed by atoms with Crippen molar-refractivity contribution >= 4 is 17.5 Å². The Morgan fingerprint density at radius 1 is 1.12 bits per heavy atom. The summed E-state index contributed by atoms with van der Waals surface area (Å²) in [4.78, 5) is 12.2. The maximum absolute atomic E-state index is 12.2. The maximum atomic E-state index is 12.2. The van der Waals surface area contributed by atoms with E-state index >= 15 is 0 Å². The summed E-state index contributed by atoms with van der Waals surface area (Å²) < 4.78 is 5.75. The van der Waals surface area contributed by atoms with Gasteiger partial charge in [-0.05, 0) is 54.5 Å². The summed E-state index contributed by atoms with van der Waals surface area (Å²) in [5, 5.41) is 3.69. The van der Waals surface area contributed by atoms with Gasteiger partial charge < -0.3 is 10.1 Å². The fraction of sp³-hybridized carbons (Fsp3) is 0.409. The molecule has 0 saturated heterocycles. The van der Waals surface area contributed by atoms with E-state index in [1.807, 2.05) is 48.5 Å². The molecule has 1 unspecified atom stereocenters. The molecule has 2 rings (SSSR count). The number of halogens is 1. The Bertz CT molecular complexity index is 720. The quantitative estimate of drug-likeness (QED) is 0.681. The zero-order valence-electron chi connectivity index (χ0n) is 16.0. The summed E-state index contributed by atoms with van der Waals surface area (Å²) in [6, 6.07) is 15.7. The molecule has 26 heavy (non-hydrogen) atoms. The first-order valence-electron chi connectivity index (χ1n) is 9.05. The zero-order chi connectivity index (χ0) is 19.2. The van der Waals surface area contributed by atoms with Crippen molar-refractivity contribution in [3.8, 4) is 5.75 Å². The number of carbonyl (C=O) groups is 1. The molecule has 0 aromatic heterocycles. The number of hydrogen-bond donors (Lipinski definition) is 1. The number of carbonyl (C=O) groups excluding carboxylic acids is 1. The van der Waals surface area contributed by atoms with Crippen LogP contribution in [-0.4, -0.2) is 18.6 Å². The molecule has 0 spiro atoms. The highest BCUT2D eigenvalue weighted by Gasteiger charge is 2.16. The minimum Gasteiger partial charge on any atom is -0.481 e. The van der Waals surface area contributed by atoms with Crippen LogP contribution in [0.3, 0.4) is 0 Å². The third kappa shape index (κ3) is 6.06. The van der Waals surface area contributed by atoms with Gasteiger partial charge in [-0.25, -0.2) is 0 Å². The van der Waals surface area contributed by atoms with E-state index in [0.29, 0.717) is 12.3 Å². The standard InChI is InChI=1S/C22H28ClNO2/c1-16(26-19-13-11-18(12-14-19)22(2,3)4)21(25)24-15-7-9-17-8-5-6-10-20(17)23/h5-6,8,10-14,16H,7,9,15H2,1-4H3,(H,24,25). The van der Waals surface area contributed by atoms with Crippen molar-refractivity contribution < 1.29 is 9.53 Å². The molecule has 1 atom stereocenters. The molecule has 0 heterocycles. The lowest BCUT2D eigenvalue weighted by molar-refractivity contribution is -0.127. The highest BCUT2D eigenvalue weighted by atomic mass is 35.5.